The molecule has 0 amide bonds. The van der Waals surface area contributed by atoms with Gasteiger partial charge in [0.1, 0.15) is 0 Å². The van der Waals surface area contributed by atoms with Crippen LogP contribution in [0.5, 0.6) is 0 Å². The Labute approximate surface area is 109 Å². The molecule has 0 spiro atoms. The van der Waals surface area contributed by atoms with Crippen molar-refractivity contribution >= 4 is 17.8 Å². The minimum absolute atomic E-state index is 0.573. The minimum atomic E-state index is 0.573. The average Bonchev–Trinajstić information content (AvgIpc) is 2.34. The zero-order valence-corrected chi connectivity index (χ0v) is 11.9. The second-order valence-electron chi connectivity index (χ2n) is 4.51. The summed E-state index contributed by atoms with van der Waals surface area (Å²) in [5.74, 6) is 1.82. The highest BCUT2D eigenvalue weighted by Gasteiger charge is 2.06. The van der Waals surface area contributed by atoms with Gasteiger partial charge in [0.15, 0.2) is 0 Å². The van der Waals surface area contributed by atoms with Gasteiger partial charge in [0.25, 0.3) is 0 Å². The molecule has 2 N–H and O–H groups in total. The van der Waals surface area contributed by atoms with Crippen molar-refractivity contribution in [2.45, 2.75) is 6.42 Å². The number of rotatable bonds is 7. The Morgan fingerprint density at radius 3 is 2.22 bits per heavy atom. The Morgan fingerprint density at radius 1 is 1.00 bits per heavy atom. The summed E-state index contributed by atoms with van der Waals surface area (Å²) < 4.78 is 0. The molecule has 18 heavy (non-hydrogen) atoms. The van der Waals surface area contributed by atoms with Gasteiger partial charge in [0, 0.05) is 27.7 Å². The van der Waals surface area contributed by atoms with E-state index in [0.29, 0.717) is 17.8 Å². The zero-order valence-electron chi connectivity index (χ0n) is 11.9. The summed E-state index contributed by atoms with van der Waals surface area (Å²) in [5, 5.41) is 6.15. The predicted octanol–water partition coefficient (Wildman–Crippen LogP) is 0.343. The molecule has 0 saturated heterocycles. The molecule has 1 aromatic rings. The van der Waals surface area contributed by atoms with Gasteiger partial charge in [-0.05, 0) is 27.1 Å². The van der Waals surface area contributed by atoms with Crippen molar-refractivity contribution in [2.75, 3.05) is 63.9 Å². The van der Waals surface area contributed by atoms with Gasteiger partial charge in [-0.2, -0.15) is 15.0 Å². The van der Waals surface area contributed by atoms with Crippen LogP contribution in [0.3, 0.4) is 0 Å². The fraction of sp³-hybridized carbons (Fsp3) is 0.727. The topological polar surface area (TPSA) is 69.2 Å². The molecule has 0 aliphatic carbocycles. The second kappa shape index (κ2) is 6.95. The normalized spacial score (nSPS) is 10.6. The van der Waals surface area contributed by atoms with Crippen LogP contribution < -0.4 is 15.5 Å². The Balaban J connectivity index is 2.61. The SMILES string of the molecule is CNc1nc(NCCCN(C)C)nc(N(C)C)n1. The van der Waals surface area contributed by atoms with Crippen LogP contribution in [-0.2, 0) is 0 Å². The first-order chi connectivity index (χ1) is 8.52. The van der Waals surface area contributed by atoms with Crippen molar-refractivity contribution in [1.29, 1.82) is 0 Å². The molecule has 0 aromatic carbocycles. The maximum atomic E-state index is 4.34. The Hall–Kier alpha value is -1.63. The third kappa shape index (κ3) is 4.70. The van der Waals surface area contributed by atoms with Crippen molar-refractivity contribution in [3.05, 3.63) is 0 Å². The third-order valence-electron chi connectivity index (χ3n) is 2.31. The van der Waals surface area contributed by atoms with Crippen LogP contribution in [0.4, 0.5) is 17.8 Å². The van der Waals surface area contributed by atoms with Gasteiger partial charge in [0.05, 0.1) is 0 Å². The molecule has 0 unspecified atom stereocenters. The van der Waals surface area contributed by atoms with Gasteiger partial charge in [-0.3, -0.25) is 0 Å². The van der Waals surface area contributed by atoms with E-state index in [9.17, 15) is 0 Å². The van der Waals surface area contributed by atoms with Crippen molar-refractivity contribution in [2.24, 2.45) is 0 Å². The maximum Gasteiger partial charge on any atom is 0.231 e. The van der Waals surface area contributed by atoms with Gasteiger partial charge in [-0.15, -0.1) is 0 Å². The van der Waals surface area contributed by atoms with Gasteiger partial charge < -0.3 is 20.4 Å². The maximum absolute atomic E-state index is 4.34. The summed E-state index contributed by atoms with van der Waals surface area (Å²) in [5.41, 5.74) is 0. The van der Waals surface area contributed by atoms with Crippen molar-refractivity contribution in [1.82, 2.24) is 19.9 Å². The summed E-state index contributed by atoms with van der Waals surface area (Å²) >= 11 is 0. The Kier molecular flexibility index (Phi) is 5.57. The van der Waals surface area contributed by atoms with E-state index in [1.54, 1.807) is 7.05 Å². The summed E-state index contributed by atoms with van der Waals surface area (Å²) in [6, 6.07) is 0. The molecule has 0 aliphatic heterocycles. The number of hydrogen-bond donors (Lipinski definition) is 2. The highest BCUT2D eigenvalue weighted by Crippen LogP contribution is 2.10. The van der Waals surface area contributed by atoms with Crippen LogP contribution in [0, 0.1) is 0 Å². The number of aromatic nitrogens is 3. The first kappa shape index (κ1) is 14.4. The molecule has 0 bridgehead atoms. The largest absolute Gasteiger partial charge is 0.357 e. The number of hydrogen-bond acceptors (Lipinski definition) is 7. The molecule has 1 rings (SSSR count). The standard InChI is InChI=1S/C11H23N7/c1-12-9-14-10(13-7-6-8-17(2)3)16-11(15-9)18(4)5/h6-8H2,1-5H3,(H2,12,13,14,15,16). The highest BCUT2D eigenvalue weighted by molar-refractivity contribution is 5.42. The van der Waals surface area contributed by atoms with Crippen LogP contribution in [0.15, 0.2) is 0 Å². The predicted molar refractivity (Wildman–Crippen MR) is 75.4 cm³/mol. The van der Waals surface area contributed by atoms with Crippen LogP contribution in [0.2, 0.25) is 0 Å². The lowest BCUT2D eigenvalue weighted by molar-refractivity contribution is 0.405. The first-order valence-electron chi connectivity index (χ1n) is 6.02. The van der Waals surface area contributed by atoms with Gasteiger partial charge in [-0.1, -0.05) is 0 Å². The van der Waals surface area contributed by atoms with E-state index in [0.717, 1.165) is 19.5 Å². The number of nitrogens with one attached hydrogen (secondary N) is 2. The second-order valence-corrected chi connectivity index (χ2v) is 4.51. The fourth-order valence-corrected chi connectivity index (χ4v) is 1.35. The molecule has 0 radical (unpaired) electrons. The van der Waals surface area contributed by atoms with Crippen molar-refractivity contribution < 1.29 is 0 Å². The molecule has 7 nitrogen and oxygen atoms in total. The van der Waals surface area contributed by atoms with Gasteiger partial charge in [-0.25, -0.2) is 0 Å². The van der Waals surface area contributed by atoms with E-state index in [1.165, 1.54) is 0 Å². The lowest BCUT2D eigenvalue weighted by Gasteiger charge is -2.14. The van der Waals surface area contributed by atoms with Gasteiger partial charge in [0.2, 0.25) is 17.8 Å². The van der Waals surface area contributed by atoms with E-state index in [-0.39, 0.29) is 0 Å². The fourth-order valence-electron chi connectivity index (χ4n) is 1.35. The molecule has 102 valence electrons. The average molecular weight is 253 g/mol. The van der Waals surface area contributed by atoms with Crippen molar-refractivity contribution in [3.63, 3.8) is 0 Å². The lowest BCUT2D eigenvalue weighted by atomic mass is 10.4. The molecular weight excluding hydrogens is 230 g/mol. The lowest BCUT2D eigenvalue weighted by Crippen LogP contribution is -2.19. The summed E-state index contributed by atoms with van der Waals surface area (Å²) in [7, 11) is 9.73. The summed E-state index contributed by atoms with van der Waals surface area (Å²) in [6.45, 7) is 1.88. The molecule has 1 aromatic heterocycles. The molecule has 0 saturated carbocycles. The smallest absolute Gasteiger partial charge is 0.231 e. The van der Waals surface area contributed by atoms with E-state index in [2.05, 4.69) is 44.6 Å². The first-order valence-corrected chi connectivity index (χ1v) is 6.02. The van der Waals surface area contributed by atoms with E-state index < -0.39 is 0 Å². The van der Waals surface area contributed by atoms with Crippen molar-refractivity contribution in [3.8, 4) is 0 Å². The van der Waals surface area contributed by atoms with Crippen LogP contribution in [0.1, 0.15) is 6.42 Å². The van der Waals surface area contributed by atoms with Gasteiger partial charge >= 0.3 is 0 Å². The molecule has 0 aliphatic rings. The molecule has 0 fully saturated rings. The third-order valence-corrected chi connectivity index (χ3v) is 2.31. The Morgan fingerprint density at radius 2 is 1.67 bits per heavy atom. The molecular formula is C11H23N7. The highest BCUT2D eigenvalue weighted by atomic mass is 15.3. The van der Waals surface area contributed by atoms with Crippen LogP contribution in [0.25, 0.3) is 0 Å². The van der Waals surface area contributed by atoms with E-state index >= 15 is 0 Å². The van der Waals surface area contributed by atoms with Crippen LogP contribution in [-0.4, -0.2) is 68.2 Å². The van der Waals surface area contributed by atoms with E-state index in [1.807, 2.05) is 19.0 Å². The molecule has 7 heteroatoms. The Bertz CT molecular complexity index is 364. The van der Waals surface area contributed by atoms with Crippen LogP contribution >= 0.6 is 0 Å². The summed E-state index contributed by atoms with van der Waals surface area (Å²) in [4.78, 5) is 16.9. The monoisotopic (exact) mass is 253 g/mol. The van der Waals surface area contributed by atoms with E-state index in [4.69, 9.17) is 0 Å². The molecule has 0 atom stereocenters. The number of nitrogens with zero attached hydrogens (tertiary/aromatic N) is 5. The quantitative estimate of drug-likeness (QED) is 0.679. The zero-order chi connectivity index (χ0) is 13.5. The molecule has 1 heterocycles. The number of anilines is 3. The minimum Gasteiger partial charge on any atom is -0.357 e. The summed E-state index contributed by atoms with van der Waals surface area (Å²) in [6.07, 6.45) is 1.05.